The molecule has 15 heavy (non-hydrogen) atoms. The molecule has 0 aliphatic heterocycles. The quantitative estimate of drug-likeness (QED) is 0.785. The lowest BCUT2D eigenvalue weighted by Crippen LogP contribution is -2.07. The summed E-state index contributed by atoms with van der Waals surface area (Å²) in [6.07, 6.45) is 2.20. The van der Waals surface area contributed by atoms with Crippen molar-refractivity contribution in [3.63, 3.8) is 0 Å². The van der Waals surface area contributed by atoms with E-state index >= 15 is 0 Å². The van der Waals surface area contributed by atoms with Gasteiger partial charge in [0.1, 0.15) is 5.82 Å². The molecule has 3 heteroatoms. The summed E-state index contributed by atoms with van der Waals surface area (Å²) < 4.78 is 14.1. The lowest BCUT2D eigenvalue weighted by molar-refractivity contribution is 0.630. The number of aryl methyl sites for hydroxylation is 1. The number of thiophene rings is 1. The number of benzene rings is 1. The van der Waals surface area contributed by atoms with E-state index in [2.05, 4.69) is 11.4 Å². The second kappa shape index (κ2) is 4.73. The minimum Gasteiger partial charge on any atom is -0.320 e. The van der Waals surface area contributed by atoms with Gasteiger partial charge in [0.2, 0.25) is 0 Å². The lowest BCUT2D eigenvalue weighted by atomic mass is 10.2. The smallest absolute Gasteiger partial charge is 0.123 e. The van der Waals surface area contributed by atoms with Gasteiger partial charge in [-0.05, 0) is 56.1 Å². The molecule has 0 saturated carbocycles. The summed E-state index contributed by atoms with van der Waals surface area (Å²) >= 11 is 1.76. The van der Waals surface area contributed by atoms with Crippen LogP contribution in [0.15, 0.2) is 24.3 Å². The molecule has 2 rings (SSSR count). The highest BCUT2D eigenvalue weighted by molar-refractivity contribution is 7.19. The van der Waals surface area contributed by atoms with Crippen molar-refractivity contribution in [3.05, 3.63) is 35.0 Å². The Bertz CT molecular complexity index is 450. The van der Waals surface area contributed by atoms with Crippen LogP contribution in [0.25, 0.3) is 10.1 Å². The number of hydrogen-bond donors (Lipinski definition) is 1. The molecule has 0 amide bonds. The molecule has 0 spiro atoms. The molecule has 0 unspecified atom stereocenters. The van der Waals surface area contributed by atoms with Gasteiger partial charge in [-0.3, -0.25) is 0 Å². The molecular formula is C12H14FNS. The van der Waals surface area contributed by atoms with Gasteiger partial charge in [0.05, 0.1) is 0 Å². The predicted molar refractivity (Wildman–Crippen MR) is 64.0 cm³/mol. The Kier molecular flexibility index (Phi) is 3.34. The van der Waals surface area contributed by atoms with Gasteiger partial charge in [0.25, 0.3) is 0 Å². The van der Waals surface area contributed by atoms with Gasteiger partial charge in [-0.25, -0.2) is 4.39 Å². The van der Waals surface area contributed by atoms with Crippen LogP contribution in [0.1, 0.15) is 11.3 Å². The van der Waals surface area contributed by atoms with Crippen LogP contribution in [-0.2, 0) is 6.42 Å². The van der Waals surface area contributed by atoms with Crippen LogP contribution in [0.4, 0.5) is 4.39 Å². The Morgan fingerprint density at radius 3 is 3.00 bits per heavy atom. The fraction of sp³-hybridized carbons (Fsp3) is 0.333. The fourth-order valence-electron chi connectivity index (χ4n) is 1.63. The maximum absolute atomic E-state index is 12.9. The molecule has 0 bridgehead atoms. The molecule has 0 radical (unpaired) electrons. The zero-order valence-electron chi connectivity index (χ0n) is 8.72. The van der Waals surface area contributed by atoms with E-state index in [4.69, 9.17) is 0 Å². The summed E-state index contributed by atoms with van der Waals surface area (Å²) in [6.45, 7) is 1.03. The third kappa shape index (κ3) is 2.55. The third-order valence-electron chi connectivity index (χ3n) is 2.38. The summed E-state index contributed by atoms with van der Waals surface area (Å²) in [5, 5.41) is 4.15. The Morgan fingerprint density at radius 2 is 2.20 bits per heavy atom. The fourth-order valence-corrected chi connectivity index (χ4v) is 2.72. The van der Waals surface area contributed by atoms with Crippen LogP contribution in [0.2, 0.25) is 0 Å². The number of halogens is 1. The van der Waals surface area contributed by atoms with E-state index in [1.165, 1.54) is 15.6 Å². The van der Waals surface area contributed by atoms with E-state index < -0.39 is 0 Å². The molecule has 0 aliphatic rings. The van der Waals surface area contributed by atoms with Gasteiger partial charge in [0.15, 0.2) is 0 Å². The highest BCUT2D eigenvalue weighted by Gasteiger charge is 2.02. The van der Waals surface area contributed by atoms with Crippen LogP contribution < -0.4 is 5.32 Å². The number of rotatable bonds is 4. The van der Waals surface area contributed by atoms with Crippen LogP contribution in [0.3, 0.4) is 0 Å². The van der Waals surface area contributed by atoms with Gasteiger partial charge in [-0.2, -0.15) is 0 Å². The zero-order valence-corrected chi connectivity index (χ0v) is 9.53. The van der Waals surface area contributed by atoms with Crippen molar-refractivity contribution in [2.24, 2.45) is 0 Å². The van der Waals surface area contributed by atoms with Gasteiger partial charge < -0.3 is 5.32 Å². The number of hydrogen-bond acceptors (Lipinski definition) is 2. The molecule has 0 fully saturated rings. The van der Waals surface area contributed by atoms with Crippen LogP contribution in [0.5, 0.6) is 0 Å². The highest BCUT2D eigenvalue weighted by Crippen LogP contribution is 2.26. The largest absolute Gasteiger partial charge is 0.320 e. The second-order valence-electron chi connectivity index (χ2n) is 3.60. The number of fused-ring (bicyclic) bond motifs is 1. The molecular weight excluding hydrogens is 209 g/mol. The minimum atomic E-state index is -0.151. The predicted octanol–water partition coefficient (Wildman–Crippen LogP) is 3.19. The summed E-state index contributed by atoms with van der Waals surface area (Å²) in [4.78, 5) is 1.34. The van der Waals surface area contributed by atoms with E-state index in [0.29, 0.717) is 0 Å². The second-order valence-corrected chi connectivity index (χ2v) is 4.77. The summed E-state index contributed by atoms with van der Waals surface area (Å²) in [5.41, 5.74) is 0. The molecule has 1 aromatic heterocycles. The maximum Gasteiger partial charge on any atom is 0.123 e. The monoisotopic (exact) mass is 223 g/mol. The Hall–Kier alpha value is -0.930. The van der Waals surface area contributed by atoms with E-state index in [1.807, 2.05) is 13.1 Å². The van der Waals surface area contributed by atoms with Crippen molar-refractivity contribution < 1.29 is 4.39 Å². The Morgan fingerprint density at radius 1 is 1.33 bits per heavy atom. The topological polar surface area (TPSA) is 12.0 Å². The maximum atomic E-state index is 12.9. The van der Waals surface area contributed by atoms with Crippen molar-refractivity contribution in [2.45, 2.75) is 12.8 Å². The van der Waals surface area contributed by atoms with Crippen molar-refractivity contribution >= 4 is 21.4 Å². The first-order chi connectivity index (χ1) is 7.29. The Labute approximate surface area is 92.9 Å². The molecule has 0 aliphatic carbocycles. The van der Waals surface area contributed by atoms with Gasteiger partial charge in [0, 0.05) is 9.58 Å². The average molecular weight is 223 g/mol. The van der Waals surface area contributed by atoms with Crippen molar-refractivity contribution in [1.29, 1.82) is 0 Å². The molecule has 1 nitrogen and oxygen atoms in total. The first kappa shape index (κ1) is 10.6. The normalized spacial score (nSPS) is 11.1. The van der Waals surface area contributed by atoms with Crippen LogP contribution in [0, 0.1) is 5.82 Å². The Balaban J connectivity index is 2.16. The van der Waals surface area contributed by atoms with Gasteiger partial charge in [-0.15, -0.1) is 11.3 Å². The third-order valence-corrected chi connectivity index (χ3v) is 3.56. The molecule has 1 N–H and O–H groups in total. The highest BCUT2D eigenvalue weighted by atomic mass is 32.1. The first-order valence-electron chi connectivity index (χ1n) is 5.12. The molecule has 2 aromatic rings. The van der Waals surface area contributed by atoms with Crippen LogP contribution >= 0.6 is 11.3 Å². The van der Waals surface area contributed by atoms with Crippen molar-refractivity contribution in [1.82, 2.24) is 5.32 Å². The molecule has 80 valence electrons. The van der Waals surface area contributed by atoms with Crippen molar-refractivity contribution in [3.8, 4) is 0 Å². The lowest BCUT2D eigenvalue weighted by Gasteiger charge is -1.95. The zero-order chi connectivity index (χ0) is 10.7. The van der Waals surface area contributed by atoms with E-state index in [-0.39, 0.29) is 5.82 Å². The van der Waals surface area contributed by atoms with E-state index in [0.717, 1.165) is 24.8 Å². The van der Waals surface area contributed by atoms with E-state index in [1.54, 1.807) is 17.4 Å². The molecule has 0 saturated heterocycles. The average Bonchev–Trinajstić information content (AvgIpc) is 2.60. The van der Waals surface area contributed by atoms with Gasteiger partial charge >= 0.3 is 0 Å². The number of nitrogens with one attached hydrogen (secondary N) is 1. The molecule has 1 heterocycles. The SMILES string of the molecule is CNCCCc1cc2cc(F)ccc2s1. The molecule has 1 aromatic carbocycles. The van der Waals surface area contributed by atoms with Crippen LogP contribution in [-0.4, -0.2) is 13.6 Å². The summed E-state index contributed by atoms with van der Waals surface area (Å²) in [6, 6.07) is 7.08. The van der Waals surface area contributed by atoms with Crippen molar-refractivity contribution in [2.75, 3.05) is 13.6 Å². The molecule has 0 atom stereocenters. The minimum absolute atomic E-state index is 0.151. The van der Waals surface area contributed by atoms with E-state index in [9.17, 15) is 4.39 Å². The summed E-state index contributed by atoms with van der Waals surface area (Å²) in [7, 11) is 1.96. The first-order valence-corrected chi connectivity index (χ1v) is 5.94. The summed E-state index contributed by atoms with van der Waals surface area (Å²) in [5.74, 6) is -0.151. The standard InChI is InChI=1S/C12H14FNS/c1-14-6-2-3-11-8-9-7-10(13)4-5-12(9)15-11/h4-5,7-8,14H,2-3,6H2,1H3. The van der Waals surface area contributed by atoms with Gasteiger partial charge in [-0.1, -0.05) is 0 Å².